The summed E-state index contributed by atoms with van der Waals surface area (Å²) in [7, 11) is 0. The molecule has 3 aliphatic rings. The molecular weight excluding hydrogens is 210 g/mol. The van der Waals surface area contributed by atoms with Crippen LogP contribution in [0.25, 0.3) is 0 Å². The normalized spacial score (nSPS) is 47.3. The monoisotopic (exact) mass is 237 g/mol. The average Bonchev–Trinajstić information content (AvgIpc) is 2.73. The standard InChI is InChI=1S/C14H27N3/c1-11-2-7-17(10-13(11)8-15)14-4-6-16-5-3-12(14)9-16/h11-14H,2-10,15H2,1H3. The van der Waals surface area contributed by atoms with Crippen molar-refractivity contribution in [3.8, 4) is 0 Å². The van der Waals surface area contributed by atoms with E-state index < -0.39 is 0 Å². The van der Waals surface area contributed by atoms with Crippen LogP contribution in [0.4, 0.5) is 0 Å². The molecule has 0 aromatic heterocycles. The quantitative estimate of drug-likeness (QED) is 0.777. The molecule has 0 amide bonds. The Morgan fingerprint density at radius 2 is 1.88 bits per heavy atom. The van der Waals surface area contributed by atoms with E-state index >= 15 is 0 Å². The molecule has 0 saturated carbocycles. The molecule has 5 atom stereocenters. The second-order valence-electron chi connectivity index (χ2n) is 6.46. The summed E-state index contributed by atoms with van der Waals surface area (Å²) in [5.74, 6) is 2.53. The van der Waals surface area contributed by atoms with Crippen LogP contribution in [0, 0.1) is 17.8 Å². The second-order valence-corrected chi connectivity index (χ2v) is 6.46. The van der Waals surface area contributed by atoms with Gasteiger partial charge in [0.05, 0.1) is 0 Å². The second kappa shape index (κ2) is 4.87. The molecule has 3 heterocycles. The Bertz CT molecular complexity index is 268. The topological polar surface area (TPSA) is 32.5 Å². The molecule has 2 N–H and O–H groups in total. The van der Waals surface area contributed by atoms with E-state index in [0.29, 0.717) is 0 Å². The molecule has 0 aromatic rings. The molecule has 0 spiro atoms. The van der Waals surface area contributed by atoms with E-state index in [0.717, 1.165) is 30.3 Å². The maximum Gasteiger partial charge on any atom is 0.0148 e. The fourth-order valence-electron chi connectivity index (χ4n) is 4.20. The van der Waals surface area contributed by atoms with Crippen LogP contribution in [-0.4, -0.2) is 55.1 Å². The van der Waals surface area contributed by atoms with Gasteiger partial charge in [-0.05, 0) is 63.2 Å². The lowest BCUT2D eigenvalue weighted by Crippen LogP contribution is -2.52. The van der Waals surface area contributed by atoms with Crippen molar-refractivity contribution in [3.05, 3.63) is 0 Å². The Hall–Kier alpha value is -0.120. The molecule has 3 fully saturated rings. The average molecular weight is 237 g/mol. The third kappa shape index (κ3) is 2.25. The predicted molar refractivity (Wildman–Crippen MR) is 70.9 cm³/mol. The fourth-order valence-corrected chi connectivity index (χ4v) is 4.20. The van der Waals surface area contributed by atoms with Crippen LogP contribution in [0.2, 0.25) is 0 Å². The van der Waals surface area contributed by atoms with E-state index in [2.05, 4.69) is 16.7 Å². The van der Waals surface area contributed by atoms with Crippen molar-refractivity contribution in [1.82, 2.24) is 9.80 Å². The molecule has 3 nitrogen and oxygen atoms in total. The summed E-state index contributed by atoms with van der Waals surface area (Å²) in [6.45, 7) is 9.89. The SMILES string of the molecule is CC1CCN(C2CCN3CCC2C3)CC1CN. The molecule has 3 rings (SSSR count). The summed E-state index contributed by atoms with van der Waals surface area (Å²) in [6.07, 6.45) is 4.19. The first-order valence-electron chi connectivity index (χ1n) is 7.44. The van der Waals surface area contributed by atoms with Crippen molar-refractivity contribution in [2.45, 2.75) is 32.2 Å². The van der Waals surface area contributed by atoms with Gasteiger partial charge in [0.2, 0.25) is 0 Å². The first-order valence-corrected chi connectivity index (χ1v) is 7.44. The van der Waals surface area contributed by atoms with E-state index in [1.807, 2.05) is 0 Å². The van der Waals surface area contributed by atoms with E-state index in [1.165, 1.54) is 52.0 Å². The Kier molecular flexibility index (Phi) is 3.42. The summed E-state index contributed by atoms with van der Waals surface area (Å²) >= 11 is 0. The first kappa shape index (κ1) is 11.9. The molecule has 98 valence electrons. The molecule has 3 aliphatic heterocycles. The summed E-state index contributed by atoms with van der Waals surface area (Å²) < 4.78 is 0. The van der Waals surface area contributed by atoms with Gasteiger partial charge in [-0.2, -0.15) is 0 Å². The number of piperidine rings is 2. The van der Waals surface area contributed by atoms with Gasteiger partial charge < -0.3 is 10.6 Å². The van der Waals surface area contributed by atoms with Crippen LogP contribution in [-0.2, 0) is 0 Å². The molecular formula is C14H27N3. The van der Waals surface area contributed by atoms with Gasteiger partial charge in [-0.15, -0.1) is 0 Å². The van der Waals surface area contributed by atoms with Crippen molar-refractivity contribution >= 4 is 0 Å². The molecule has 3 saturated heterocycles. The number of nitrogens with two attached hydrogens (primary N) is 1. The highest BCUT2D eigenvalue weighted by atomic mass is 15.2. The Balaban J connectivity index is 1.64. The zero-order chi connectivity index (χ0) is 11.8. The van der Waals surface area contributed by atoms with Gasteiger partial charge in [-0.3, -0.25) is 4.90 Å². The molecule has 3 heteroatoms. The highest BCUT2D eigenvalue weighted by molar-refractivity contribution is 4.94. The lowest BCUT2D eigenvalue weighted by molar-refractivity contribution is 0.0430. The number of hydrogen-bond donors (Lipinski definition) is 1. The number of rotatable bonds is 2. The third-order valence-electron chi connectivity index (χ3n) is 5.51. The van der Waals surface area contributed by atoms with Crippen LogP contribution >= 0.6 is 0 Å². The minimum absolute atomic E-state index is 0.739. The molecule has 5 unspecified atom stereocenters. The Labute approximate surface area is 105 Å². The van der Waals surface area contributed by atoms with Crippen molar-refractivity contribution in [3.63, 3.8) is 0 Å². The van der Waals surface area contributed by atoms with E-state index in [9.17, 15) is 0 Å². The molecule has 2 bridgehead atoms. The number of hydrogen-bond acceptors (Lipinski definition) is 3. The van der Waals surface area contributed by atoms with Crippen molar-refractivity contribution in [1.29, 1.82) is 0 Å². The smallest absolute Gasteiger partial charge is 0.0148 e. The lowest BCUT2D eigenvalue weighted by Gasteiger charge is -2.45. The van der Waals surface area contributed by atoms with E-state index in [-0.39, 0.29) is 0 Å². The molecule has 0 radical (unpaired) electrons. The highest BCUT2D eigenvalue weighted by Crippen LogP contribution is 2.34. The van der Waals surface area contributed by atoms with Crippen LogP contribution in [0.15, 0.2) is 0 Å². The largest absolute Gasteiger partial charge is 0.330 e. The van der Waals surface area contributed by atoms with Crippen LogP contribution in [0.3, 0.4) is 0 Å². The van der Waals surface area contributed by atoms with Crippen molar-refractivity contribution in [2.75, 3.05) is 39.3 Å². The zero-order valence-electron chi connectivity index (χ0n) is 11.1. The molecule has 17 heavy (non-hydrogen) atoms. The van der Waals surface area contributed by atoms with Gasteiger partial charge in [0, 0.05) is 19.1 Å². The molecule has 0 aliphatic carbocycles. The first-order chi connectivity index (χ1) is 8.28. The van der Waals surface area contributed by atoms with Crippen LogP contribution in [0.1, 0.15) is 26.2 Å². The third-order valence-corrected chi connectivity index (χ3v) is 5.51. The van der Waals surface area contributed by atoms with E-state index in [1.54, 1.807) is 0 Å². The van der Waals surface area contributed by atoms with Gasteiger partial charge in [0.25, 0.3) is 0 Å². The minimum atomic E-state index is 0.739. The van der Waals surface area contributed by atoms with Crippen LogP contribution < -0.4 is 5.73 Å². The summed E-state index contributed by atoms with van der Waals surface area (Å²) in [6, 6.07) is 0.871. The summed E-state index contributed by atoms with van der Waals surface area (Å²) in [4.78, 5) is 5.43. The fraction of sp³-hybridized carbons (Fsp3) is 1.00. The number of nitrogens with zero attached hydrogens (tertiary/aromatic N) is 2. The minimum Gasteiger partial charge on any atom is -0.330 e. The van der Waals surface area contributed by atoms with Gasteiger partial charge in [0.1, 0.15) is 0 Å². The van der Waals surface area contributed by atoms with Crippen molar-refractivity contribution in [2.24, 2.45) is 23.5 Å². The Morgan fingerprint density at radius 3 is 2.71 bits per heavy atom. The van der Waals surface area contributed by atoms with Gasteiger partial charge >= 0.3 is 0 Å². The summed E-state index contributed by atoms with van der Waals surface area (Å²) in [5, 5.41) is 0. The lowest BCUT2D eigenvalue weighted by atomic mass is 9.84. The van der Waals surface area contributed by atoms with Gasteiger partial charge in [0.15, 0.2) is 0 Å². The van der Waals surface area contributed by atoms with Gasteiger partial charge in [-0.25, -0.2) is 0 Å². The number of fused-ring (bicyclic) bond motifs is 2. The zero-order valence-corrected chi connectivity index (χ0v) is 11.1. The van der Waals surface area contributed by atoms with Crippen LogP contribution in [0.5, 0.6) is 0 Å². The molecule has 0 aromatic carbocycles. The maximum absolute atomic E-state index is 5.93. The summed E-state index contributed by atoms with van der Waals surface area (Å²) in [5.41, 5.74) is 5.93. The Morgan fingerprint density at radius 1 is 1.06 bits per heavy atom. The highest BCUT2D eigenvalue weighted by Gasteiger charge is 2.39. The van der Waals surface area contributed by atoms with Gasteiger partial charge in [-0.1, -0.05) is 6.92 Å². The van der Waals surface area contributed by atoms with Crippen molar-refractivity contribution < 1.29 is 0 Å². The number of likely N-dealkylation sites (tertiary alicyclic amines) is 1. The van der Waals surface area contributed by atoms with E-state index in [4.69, 9.17) is 5.73 Å². The maximum atomic E-state index is 5.93. The predicted octanol–water partition coefficient (Wildman–Crippen LogP) is 0.997.